The Morgan fingerprint density at radius 3 is 2.53 bits per heavy atom. The van der Waals surface area contributed by atoms with E-state index in [0.29, 0.717) is 4.67 Å². The van der Waals surface area contributed by atoms with Crippen molar-refractivity contribution in [1.82, 2.24) is 0 Å². The van der Waals surface area contributed by atoms with E-state index in [2.05, 4.69) is 15.9 Å². The highest BCUT2D eigenvalue weighted by Gasteiger charge is 2.27. The topological polar surface area (TPSA) is 84.6 Å². The van der Waals surface area contributed by atoms with Crippen molar-refractivity contribution < 1.29 is 22.7 Å². The van der Waals surface area contributed by atoms with Crippen LogP contribution in [-0.4, -0.2) is 31.5 Å². The van der Waals surface area contributed by atoms with Crippen molar-refractivity contribution in [1.29, 1.82) is 0 Å². The van der Waals surface area contributed by atoms with Crippen LogP contribution in [0.4, 0.5) is 0 Å². The molecule has 0 aliphatic carbocycles. The van der Waals surface area contributed by atoms with Crippen LogP contribution in [0.3, 0.4) is 0 Å². The minimum atomic E-state index is -3.36. The van der Waals surface area contributed by atoms with Crippen molar-refractivity contribution in [2.24, 2.45) is 0 Å². The normalized spacial score (nSPS) is 13.7. The van der Waals surface area contributed by atoms with Crippen LogP contribution in [0.2, 0.25) is 0 Å². The molecular weight excluding hydrogens is 288 g/mol. The highest BCUT2D eigenvalue weighted by Crippen LogP contribution is 2.23. The monoisotopic (exact) mass is 296 g/mol. The Kier molecular flexibility index (Phi) is 3.56. The van der Waals surface area contributed by atoms with E-state index in [0.717, 1.165) is 6.26 Å². The van der Waals surface area contributed by atoms with Gasteiger partial charge in [-0.1, -0.05) is 0 Å². The molecule has 1 aromatic heterocycles. The maximum Gasteiger partial charge on any atom is 0.315 e. The lowest BCUT2D eigenvalue weighted by molar-refractivity contribution is -0.138. The smallest absolute Gasteiger partial charge is 0.315 e. The van der Waals surface area contributed by atoms with Gasteiger partial charge in [-0.2, -0.15) is 0 Å². The van der Waals surface area contributed by atoms with Gasteiger partial charge in [0.2, 0.25) is 0 Å². The van der Waals surface area contributed by atoms with Crippen molar-refractivity contribution >= 4 is 31.7 Å². The number of sulfone groups is 1. The Morgan fingerprint density at radius 2 is 2.20 bits per heavy atom. The van der Waals surface area contributed by atoms with Crippen molar-refractivity contribution in [3.63, 3.8) is 0 Å². The number of carboxylic acid groups (broad SMARTS) is 1. The molecule has 7 heteroatoms. The molecule has 1 unspecified atom stereocenters. The molecule has 0 radical (unpaired) electrons. The summed E-state index contributed by atoms with van der Waals surface area (Å²) in [5.41, 5.74) is 0. The summed E-state index contributed by atoms with van der Waals surface area (Å²) in [6.45, 7) is 0. The Balaban J connectivity index is 2.99. The van der Waals surface area contributed by atoms with Crippen LogP contribution in [0, 0.1) is 0 Å². The third-order valence-corrected chi connectivity index (χ3v) is 3.07. The van der Waals surface area contributed by atoms with Gasteiger partial charge in [-0.15, -0.1) is 0 Å². The summed E-state index contributed by atoms with van der Waals surface area (Å²) >= 11 is 3.02. The van der Waals surface area contributed by atoms with Crippen LogP contribution in [0.15, 0.2) is 21.2 Å². The van der Waals surface area contributed by atoms with E-state index in [9.17, 15) is 13.2 Å². The summed E-state index contributed by atoms with van der Waals surface area (Å²) in [6.07, 6.45) is 0.987. The SMILES string of the molecule is CS(=O)(=O)CC(C(=O)O)c1ccc(Br)o1. The molecule has 1 aromatic rings. The van der Waals surface area contributed by atoms with Gasteiger partial charge >= 0.3 is 5.97 Å². The second-order valence-electron chi connectivity index (χ2n) is 3.13. The van der Waals surface area contributed by atoms with Gasteiger partial charge in [0, 0.05) is 6.26 Å². The van der Waals surface area contributed by atoms with Crippen molar-refractivity contribution in [2.75, 3.05) is 12.0 Å². The zero-order valence-corrected chi connectivity index (χ0v) is 10.2. The third kappa shape index (κ3) is 3.67. The van der Waals surface area contributed by atoms with E-state index in [1.807, 2.05) is 0 Å². The van der Waals surface area contributed by atoms with Gasteiger partial charge in [-0.3, -0.25) is 4.79 Å². The molecular formula is C8H9BrO5S. The van der Waals surface area contributed by atoms with Crippen LogP contribution in [0.1, 0.15) is 11.7 Å². The molecule has 5 nitrogen and oxygen atoms in total. The number of carbonyl (C=O) groups is 1. The molecule has 0 fully saturated rings. The predicted molar refractivity (Wildman–Crippen MR) is 56.5 cm³/mol. The number of aliphatic carboxylic acids is 1. The quantitative estimate of drug-likeness (QED) is 0.904. The summed E-state index contributed by atoms with van der Waals surface area (Å²) in [7, 11) is -3.36. The first-order valence-electron chi connectivity index (χ1n) is 3.95. The lowest BCUT2D eigenvalue weighted by Gasteiger charge is -2.07. The molecule has 15 heavy (non-hydrogen) atoms. The molecule has 0 amide bonds. The van der Waals surface area contributed by atoms with Crippen molar-refractivity contribution in [3.8, 4) is 0 Å². The van der Waals surface area contributed by atoms with Crippen LogP contribution in [0.5, 0.6) is 0 Å². The number of hydrogen-bond acceptors (Lipinski definition) is 4. The second-order valence-corrected chi connectivity index (χ2v) is 6.09. The van der Waals surface area contributed by atoms with Gasteiger partial charge in [-0.05, 0) is 28.1 Å². The largest absolute Gasteiger partial charge is 0.481 e. The molecule has 0 bridgehead atoms. The van der Waals surface area contributed by atoms with Gasteiger partial charge in [-0.25, -0.2) is 8.42 Å². The molecule has 0 aliphatic heterocycles. The summed E-state index contributed by atoms with van der Waals surface area (Å²) in [4.78, 5) is 10.8. The fraction of sp³-hybridized carbons (Fsp3) is 0.375. The highest BCUT2D eigenvalue weighted by molar-refractivity contribution is 9.10. The molecule has 0 spiro atoms. The summed E-state index contributed by atoms with van der Waals surface area (Å²) in [5.74, 6) is -2.73. The molecule has 0 aromatic carbocycles. The summed E-state index contributed by atoms with van der Waals surface area (Å²) in [6, 6.07) is 2.96. The first-order chi connectivity index (χ1) is 6.79. The Bertz CT molecular complexity index is 461. The molecule has 0 saturated heterocycles. The van der Waals surface area contributed by atoms with Crippen molar-refractivity contribution in [2.45, 2.75) is 5.92 Å². The Hall–Kier alpha value is -0.820. The number of halogens is 1. The number of rotatable bonds is 4. The maximum absolute atomic E-state index is 11.0. The first kappa shape index (κ1) is 12.3. The third-order valence-electron chi connectivity index (χ3n) is 1.70. The zero-order chi connectivity index (χ0) is 11.6. The predicted octanol–water partition coefficient (Wildman–Crippen LogP) is 1.25. The van der Waals surface area contributed by atoms with E-state index >= 15 is 0 Å². The van der Waals surface area contributed by atoms with Gasteiger partial charge in [0.1, 0.15) is 21.5 Å². The van der Waals surface area contributed by atoms with Gasteiger partial charge in [0.05, 0.1) is 5.75 Å². The average Bonchev–Trinajstić information content (AvgIpc) is 2.45. The van der Waals surface area contributed by atoms with Gasteiger partial charge < -0.3 is 9.52 Å². The lowest BCUT2D eigenvalue weighted by Crippen LogP contribution is -2.20. The van der Waals surface area contributed by atoms with Crippen LogP contribution in [-0.2, 0) is 14.6 Å². The highest BCUT2D eigenvalue weighted by atomic mass is 79.9. The summed E-state index contributed by atoms with van der Waals surface area (Å²) in [5, 5.41) is 8.86. The average molecular weight is 297 g/mol. The molecule has 1 rings (SSSR count). The lowest BCUT2D eigenvalue weighted by atomic mass is 10.1. The van der Waals surface area contributed by atoms with E-state index in [4.69, 9.17) is 9.52 Å². The van der Waals surface area contributed by atoms with E-state index < -0.39 is 27.5 Å². The minimum absolute atomic E-state index is 0.125. The zero-order valence-electron chi connectivity index (χ0n) is 7.81. The van der Waals surface area contributed by atoms with E-state index in [1.165, 1.54) is 12.1 Å². The first-order valence-corrected chi connectivity index (χ1v) is 6.81. The maximum atomic E-state index is 11.0. The molecule has 1 N–H and O–H groups in total. The number of carboxylic acids is 1. The Labute approximate surface area is 95.1 Å². The minimum Gasteiger partial charge on any atom is -0.481 e. The fourth-order valence-corrected chi connectivity index (χ4v) is 2.32. The molecule has 0 saturated carbocycles. The second kappa shape index (κ2) is 4.36. The number of furan rings is 1. The summed E-state index contributed by atoms with van der Waals surface area (Å²) < 4.78 is 27.4. The fourth-order valence-electron chi connectivity index (χ4n) is 1.09. The van der Waals surface area contributed by atoms with E-state index in [1.54, 1.807) is 0 Å². The number of hydrogen-bond donors (Lipinski definition) is 1. The molecule has 84 valence electrons. The standard InChI is InChI=1S/C8H9BrO5S/c1-15(12,13)4-5(8(10)11)6-2-3-7(9)14-6/h2-3,5H,4H2,1H3,(H,10,11). The van der Waals surface area contributed by atoms with Gasteiger partial charge in [0.25, 0.3) is 0 Å². The van der Waals surface area contributed by atoms with Crippen LogP contribution in [0.25, 0.3) is 0 Å². The van der Waals surface area contributed by atoms with Crippen LogP contribution >= 0.6 is 15.9 Å². The van der Waals surface area contributed by atoms with Crippen LogP contribution < -0.4 is 0 Å². The molecule has 1 heterocycles. The Morgan fingerprint density at radius 1 is 1.60 bits per heavy atom. The van der Waals surface area contributed by atoms with Gasteiger partial charge in [0.15, 0.2) is 4.67 Å². The molecule has 0 aliphatic rings. The molecule has 1 atom stereocenters. The van der Waals surface area contributed by atoms with E-state index in [-0.39, 0.29) is 5.76 Å². The van der Waals surface area contributed by atoms with Crippen molar-refractivity contribution in [3.05, 3.63) is 22.6 Å².